The molecule has 0 aliphatic heterocycles. The Bertz CT molecular complexity index is 515. The molecule has 1 amide bonds. The Kier molecular flexibility index (Phi) is 4.19. The summed E-state index contributed by atoms with van der Waals surface area (Å²) >= 11 is 0. The van der Waals surface area contributed by atoms with E-state index in [2.05, 4.69) is 5.32 Å². The van der Waals surface area contributed by atoms with Gasteiger partial charge < -0.3 is 10.4 Å². The van der Waals surface area contributed by atoms with Crippen LogP contribution in [0.5, 0.6) is 0 Å². The number of amides is 1. The molecule has 1 unspecified atom stereocenters. The van der Waals surface area contributed by atoms with E-state index in [-0.39, 0.29) is 6.07 Å². The normalized spacial score (nSPS) is 13.3. The summed E-state index contributed by atoms with van der Waals surface area (Å²) < 4.78 is 52.0. The fraction of sp³-hybridized carbons (Fsp3) is 0.417. The summed E-state index contributed by atoms with van der Waals surface area (Å²) in [5, 5.41) is 11.6. The molecule has 19 heavy (non-hydrogen) atoms. The van der Waals surface area contributed by atoms with Crippen LogP contribution in [0, 0.1) is 23.3 Å². The lowest BCUT2D eigenvalue weighted by Gasteiger charge is -2.29. The van der Waals surface area contributed by atoms with Gasteiger partial charge in [0.15, 0.2) is 23.3 Å². The topological polar surface area (TPSA) is 49.3 Å². The third-order valence-corrected chi connectivity index (χ3v) is 2.83. The smallest absolute Gasteiger partial charge is 0.254 e. The summed E-state index contributed by atoms with van der Waals surface area (Å²) in [6.07, 6.45) is -0.991. The number of nitrogens with one attached hydrogen (secondary N) is 1. The molecule has 0 saturated heterocycles. The minimum absolute atomic E-state index is 0.265. The van der Waals surface area contributed by atoms with Crippen molar-refractivity contribution in [2.45, 2.75) is 32.4 Å². The Balaban J connectivity index is 3.15. The third-order valence-electron chi connectivity index (χ3n) is 2.83. The first-order valence-electron chi connectivity index (χ1n) is 5.41. The highest BCUT2D eigenvalue weighted by molar-refractivity contribution is 5.95. The van der Waals surface area contributed by atoms with Crippen molar-refractivity contribution in [1.29, 1.82) is 0 Å². The molecule has 1 rings (SSSR count). The molecule has 0 spiro atoms. The van der Waals surface area contributed by atoms with Gasteiger partial charge in [-0.3, -0.25) is 4.79 Å². The van der Waals surface area contributed by atoms with E-state index in [1.54, 1.807) is 0 Å². The zero-order chi connectivity index (χ0) is 15.0. The standard InChI is InChI=1S/C12H13F4NO2/c1-5(18)12(2,3)17-11(19)6-4-7(13)9(15)10(16)8(6)14/h4-5,18H,1-3H3,(H,17,19). The van der Waals surface area contributed by atoms with Crippen molar-refractivity contribution in [2.75, 3.05) is 0 Å². The summed E-state index contributed by atoms with van der Waals surface area (Å²) in [5.41, 5.74) is -2.12. The van der Waals surface area contributed by atoms with Crippen molar-refractivity contribution in [1.82, 2.24) is 5.32 Å². The first-order chi connectivity index (χ1) is 8.58. The van der Waals surface area contributed by atoms with E-state index in [0.29, 0.717) is 0 Å². The number of aliphatic hydroxyl groups excluding tert-OH is 1. The summed E-state index contributed by atoms with van der Waals surface area (Å²) in [7, 11) is 0. The highest BCUT2D eigenvalue weighted by atomic mass is 19.2. The van der Waals surface area contributed by atoms with Gasteiger partial charge in [0.2, 0.25) is 0 Å². The number of rotatable bonds is 3. The quantitative estimate of drug-likeness (QED) is 0.506. The van der Waals surface area contributed by atoms with Crippen LogP contribution in [0.1, 0.15) is 31.1 Å². The van der Waals surface area contributed by atoms with Gasteiger partial charge in [-0.15, -0.1) is 0 Å². The monoisotopic (exact) mass is 279 g/mol. The first kappa shape index (κ1) is 15.4. The van der Waals surface area contributed by atoms with E-state index in [1.165, 1.54) is 20.8 Å². The Morgan fingerprint density at radius 1 is 1.21 bits per heavy atom. The number of benzene rings is 1. The van der Waals surface area contributed by atoms with E-state index in [0.717, 1.165) is 0 Å². The molecule has 1 aromatic rings. The van der Waals surface area contributed by atoms with Gasteiger partial charge in [-0.2, -0.15) is 0 Å². The van der Waals surface area contributed by atoms with E-state index >= 15 is 0 Å². The lowest BCUT2D eigenvalue weighted by molar-refractivity contribution is 0.0704. The molecule has 0 bridgehead atoms. The Morgan fingerprint density at radius 2 is 1.74 bits per heavy atom. The second-order valence-electron chi connectivity index (χ2n) is 4.70. The molecule has 1 atom stereocenters. The van der Waals surface area contributed by atoms with Crippen LogP contribution in [0.25, 0.3) is 0 Å². The van der Waals surface area contributed by atoms with Gasteiger partial charge in [0.25, 0.3) is 5.91 Å². The highest BCUT2D eigenvalue weighted by Crippen LogP contribution is 2.19. The predicted molar refractivity (Wildman–Crippen MR) is 59.5 cm³/mol. The average molecular weight is 279 g/mol. The summed E-state index contributed by atoms with van der Waals surface area (Å²) in [4.78, 5) is 11.7. The van der Waals surface area contributed by atoms with Crippen molar-refractivity contribution in [3.63, 3.8) is 0 Å². The molecule has 0 radical (unpaired) electrons. The number of halogens is 4. The van der Waals surface area contributed by atoms with Gasteiger partial charge in [0, 0.05) is 0 Å². The maximum atomic E-state index is 13.4. The van der Waals surface area contributed by atoms with Crippen LogP contribution in [0.3, 0.4) is 0 Å². The molecule has 0 saturated carbocycles. The molecule has 2 N–H and O–H groups in total. The minimum Gasteiger partial charge on any atom is -0.391 e. The van der Waals surface area contributed by atoms with Crippen molar-refractivity contribution in [2.24, 2.45) is 0 Å². The van der Waals surface area contributed by atoms with Crippen molar-refractivity contribution < 1.29 is 27.5 Å². The van der Waals surface area contributed by atoms with Crippen LogP contribution in [0.4, 0.5) is 17.6 Å². The lowest BCUT2D eigenvalue weighted by Crippen LogP contribution is -2.51. The van der Waals surface area contributed by atoms with Crippen molar-refractivity contribution in [3.05, 3.63) is 34.9 Å². The summed E-state index contributed by atoms with van der Waals surface area (Å²) in [6, 6.07) is 0.265. The molecule has 0 heterocycles. The molecule has 0 aliphatic rings. The van der Waals surface area contributed by atoms with Crippen LogP contribution >= 0.6 is 0 Å². The molecular formula is C12H13F4NO2. The molecule has 0 fully saturated rings. The van der Waals surface area contributed by atoms with Crippen LogP contribution in [-0.4, -0.2) is 22.7 Å². The Hall–Kier alpha value is -1.63. The Labute approximate surface area is 107 Å². The highest BCUT2D eigenvalue weighted by Gasteiger charge is 2.29. The summed E-state index contributed by atoms with van der Waals surface area (Å²) in [5.74, 6) is -8.64. The fourth-order valence-electron chi connectivity index (χ4n) is 1.20. The SMILES string of the molecule is CC(O)C(C)(C)NC(=O)c1cc(F)c(F)c(F)c1F. The van der Waals surface area contributed by atoms with Gasteiger partial charge in [-0.25, -0.2) is 17.6 Å². The zero-order valence-electron chi connectivity index (χ0n) is 10.5. The zero-order valence-corrected chi connectivity index (χ0v) is 10.5. The largest absolute Gasteiger partial charge is 0.391 e. The van der Waals surface area contributed by atoms with E-state index < -0.39 is 46.4 Å². The average Bonchev–Trinajstić information content (AvgIpc) is 2.30. The van der Waals surface area contributed by atoms with Gasteiger partial charge in [-0.05, 0) is 26.8 Å². The molecular weight excluding hydrogens is 266 g/mol. The molecule has 3 nitrogen and oxygen atoms in total. The predicted octanol–water partition coefficient (Wildman–Crippen LogP) is 2.13. The van der Waals surface area contributed by atoms with Crippen LogP contribution < -0.4 is 5.32 Å². The number of carbonyl (C=O) groups excluding carboxylic acids is 1. The van der Waals surface area contributed by atoms with Crippen LogP contribution in [0.2, 0.25) is 0 Å². The first-order valence-corrected chi connectivity index (χ1v) is 5.41. The second kappa shape index (κ2) is 5.16. The van der Waals surface area contributed by atoms with Crippen molar-refractivity contribution in [3.8, 4) is 0 Å². The molecule has 7 heteroatoms. The molecule has 106 valence electrons. The lowest BCUT2D eigenvalue weighted by atomic mass is 9.98. The van der Waals surface area contributed by atoms with Gasteiger partial charge in [0.05, 0.1) is 17.2 Å². The maximum Gasteiger partial charge on any atom is 0.254 e. The fourth-order valence-corrected chi connectivity index (χ4v) is 1.20. The minimum atomic E-state index is -2.06. The van der Waals surface area contributed by atoms with Crippen LogP contribution in [-0.2, 0) is 0 Å². The summed E-state index contributed by atoms with van der Waals surface area (Å²) in [6.45, 7) is 4.25. The number of carbonyl (C=O) groups is 1. The third kappa shape index (κ3) is 3.04. The number of aliphatic hydroxyl groups is 1. The molecule has 0 aromatic heterocycles. The Morgan fingerprint density at radius 3 is 2.21 bits per heavy atom. The van der Waals surface area contributed by atoms with E-state index in [1.807, 2.05) is 0 Å². The van der Waals surface area contributed by atoms with Gasteiger partial charge in [0.1, 0.15) is 0 Å². The second-order valence-corrected chi connectivity index (χ2v) is 4.70. The van der Waals surface area contributed by atoms with Gasteiger partial charge in [-0.1, -0.05) is 0 Å². The van der Waals surface area contributed by atoms with Crippen LogP contribution in [0.15, 0.2) is 6.07 Å². The number of hydrogen-bond donors (Lipinski definition) is 2. The van der Waals surface area contributed by atoms with Crippen molar-refractivity contribution >= 4 is 5.91 Å². The van der Waals surface area contributed by atoms with E-state index in [9.17, 15) is 27.5 Å². The number of hydrogen-bond acceptors (Lipinski definition) is 2. The maximum absolute atomic E-state index is 13.4. The van der Waals surface area contributed by atoms with Gasteiger partial charge >= 0.3 is 0 Å². The molecule has 1 aromatic carbocycles. The van der Waals surface area contributed by atoms with E-state index in [4.69, 9.17) is 0 Å². The molecule has 0 aliphatic carbocycles.